The highest BCUT2D eigenvalue weighted by atomic mass is 35.5. The Bertz CT molecular complexity index is 1380. The third-order valence-corrected chi connectivity index (χ3v) is 8.44. The van der Waals surface area contributed by atoms with Crippen molar-refractivity contribution in [3.8, 4) is 0 Å². The zero-order chi connectivity index (χ0) is 31.1. The zero-order valence-electron chi connectivity index (χ0n) is 24.6. The molecule has 11 nitrogen and oxygen atoms in total. The number of benzene rings is 2. The summed E-state index contributed by atoms with van der Waals surface area (Å²) in [5.74, 6) is -1.39. The lowest BCUT2D eigenvalue weighted by Gasteiger charge is -2.37. The molecule has 0 radical (unpaired) electrons. The number of rotatable bonds is 9. The van der Waals surface area contributed by atoms with Crippen molar-refractivity contribution < 1.29 is 24.0 Å². The predicted molar refractivity (Wildman–Crippen MR) is 163 cm³/mol. The van der Waals surface area contributed by atoms with Crippen molar-refractivity contribution in [3.63, 3.8) is 0 Å². The van der Waals surface area contributed by atoms with E-state index in [1.54, 1.807) is 28.0 Å². The third-order valence-electron chi connectivity index (χ3n) is 8.02. The molecule has 230 valence electrons. The van der Waals surface area contributed by atoms with E-state index in [1.165, 1.54) is 11.8 Å². The lowest BCUT2D eigenvalue weighted by atomic mass is 9.92. The molecule has 12 heteroatoms. The number of carbonyl (C=O) groups is 5. The van der Waals surface area contributed by atoms with Gasteiger partial charge in [0.15, 0.2) is 0 Å². The van der Waals surface area contributed by atoms with E-state index in [4.69, 9.17) is 17.3 Å². The van der Waals surface area contributed by atoms with Gasteiger partial charge in [0, 0.05) is 69.6 Å². The number of hydrogen-bond acceptors (Lipinski definition) is 6. The van der Waals surface area contributed by atoms with Crippen molar-refractivity contribution in [2.75, 3.05) is 38.0 Å². The first-order chi connectivity index (χ1) is 20.6. The summed E-state index contributed by atoms with van der Waals surface area (Å²) in [6.45, 7) is 5.50. The van der Waals surface area contributed by atoms with Crippen LogP contribution in [0.1, 0.15) is 42.9 Å². The van der Waals surface area contributed by atoms with Crippen LogP contribution in [0.25, 0.3) is 0 Å². The molecule has 4 rings (SSSR count). The number of amides is 5. The number of nitrogens with one attached hydrogen (secondary N) is 2. The second-order valence-corrected chi connectivity index (χ2v) is 11.4. The monoisotopic (exact) mass is 610 g/mol. The molecule has 2 aliphatic rings. The van der Waals surface area contributed by atoms with Crippen LogP contribution in [0.15, 0.2) is 42.5 Å². The van der Waals surface area contributed by atoms with Crippen LogP contribution in [0.2, 0.25) is 5.02 Å². The number of fused-ring (bicyclic) bond motifs is 1. The van der Waals surface area contributed by atoms with Gasteiger partial charge in [0.1, 0.15) is 12.1 Å². The fourth-order valence-electron chi connectivity index (χ4n) is 5.46. The van der Waals surface area contributed by atoms with E-state index < -0.39 is 23.9 Å². The molecule has 1 saturated heterocycles. The smallest absolute Gasteiger partial charge is 0.246 e. The van der Waals surface area contributed by atoms with Crippen LogP contribution in [0.5, 0.6) is 0 Å². The Kier molecular flexibility index (Phi) is 10.8. The van der Waals surface area contributed by atoms with Crippen LogP contribution in [0, 0.1) is 6.92 Å². The van der Waals surface area contributed by atoms with Crippen molar-refractivity contribution in [1.29, 1.82) is 0 Å². The molecule has 0 aliphatic carbocycles. The van der Waals surface area contributed by atoms with Crippen LogP contribution in [-0.2, 0) is 36.9 Å². The van der Waals surface area contributed by atoms with Gasteiger partial charge in [-0.25, -0.2) is 0 Å². The highest BCUT2D eigenvalue weighted by molar-refractivity contribution is 6.31. The number of piperazine rings is 1. The average molecular weight is 611 g/mol. The molecule has 5 amide bonds. The van der Waals surface area contributed by atoms with Crippen LogP contribution < -0.4 is 16.4 Å². The summed E-state index contributed by atoms with van der Waals surface area (Å²) in [5, 5.41) is 6.21. The minimum Gasteiger partial charge on any atom is -0.342 e. The first-order valence-electron chi connectivity index (χ1n) is 14.5. The summed E-state index contributed by atoms with van der Waals surface area (Å²) in [7, 11) is 0. The highest BCUT2D eigenvalue weighted by Crippen LogP contribution is 2.25. The molecule has 0 aromatic heterocycles. The van der Waals surface area contributed by atoms with E-state index in [0.29, 0.717) is 36.9 Å². The Balaban J connectivity index is 1.43. The van der Waals surface area contributed by atoms with Crippen LogP contribution >= 0.6 is 11.6 Å². The Morgan fingerprint density at radius 2 is 1.60 bits per heavy atom. The lowest BCUT2D eigenvalue weighted by Crippen LogP contribution is -2.56. The van der Waals surface area contributed by atoms with Gasteiger partial charge in [-0.15, -0.1) is 0 Å². The van der Waals surface area contributed by atoms with E-state index in [0.717, 1.165) is 16.7 Å². The molecule has 43 heavy (non-hydrogen) atoms. The fourth-order valence-corrected chi connectivity index (χ4v) is 5.58. The minimum atomic E-state index is -0.919. The van der Waals surface area contributed by atoms with Gasteiger partial charge in [-0.3, -0.25) is 24.0 Å². The standard InChI is InChI=1S/C31H39ClN6O5/c1-20-17-24(7-8-25(20)32)34-30(42)26(11-12-33)35-31(43)27-18-22-5-3-4-6-23(22)19-38(27)29(41)10-9-28(40)37-15-13-36(14-16-37)21(2)39/h3-8,17,26-27H,9-16,18-19,33H2,1-2H3,(H,34,42)(H,35,43)/t26-,27-/m0/s1. The Labute approximate surface area is 256 Å². The molecule has 0 spiro atoms. The Hall–Kier alpha value is -3.96. The normalized spacial score (nSPS) is 17.1. The van der Waals surface area contributed by atoms with Crippen LogP contribution in [-0.4, -0.2) is 89.0 Å². The maximum Gasteiger partial charge on any atom is 0.246 e. The molecule has 2 aliphatic heterocycles. The summed E-state index contributed by atoms with van der Waals surface area (Å²) in [5.41, 5.74) is 9.00. The fraction of sp³-hybridized carbons (Fsp3) is 0.452. The molecule has 2 atom stereocenters. The van der Waals surface area contributed by atoms with E-state index >= 15 is 0 Å². The lowest BCUT2D eigenvalue weighted by molar-refractivity contribution is -0.144. The molecule has 4 N–H and O–H groups in total. The molecule has 2 heterocycles. The molecular formula is C31H39ClN6O5. The van der Waals surface area contributed by atoms with Gasteiger partial charge in [-0.2, -0.15) is 0 Å². The van der Waals surface area contributed by atoms with Gasteiger partial charge in [0.05, 0.1) is 0 Å². The third kappa shape index (κ3) is 8.11. The number of halogens is 1. The summed E-state index contributed by atoms with van der Waals surface area (Å²) < 4.78 is 0. The maximum absolute atomic E-state index is 13.7. The largest absolute Gasteiger partial charge is 0.342 e. The molecular weight excluding hydrogens is 572 g/mol. The summed E-state index contributed by atoms with van der Waals surface area (Å²) in [6.07, 6.45) is 0.430. The van der Waals surface area contributed by atoms with E-state index in [9.17, 15) is 24.0 Å². The van der Waals surface area contributed by atoms with Gasteiger partial charge in [-0.05, 0) is 54.8 Å². The highest BCUT2D eigenvalue weighted by Gasteiger charge is 2.36. The van der Waals surface area contributed by atoms with Crippen molar-refractivity contribution >= 4 is 46.8 Å². The molecule has 0 saturated carbocycles. The maximum atomic E-state index is 13.7. The minimum absolute atomic E-state index is 0.00407. The first-order valence-corrected chi connectivity index (χ1v) is 14.9. The van der Waals surface area contributed by atoms with Crippen LogP contribution in [0.4, 0.5) is 5.69 Å². The molecule has 0 unspecified atom stereocenters. The average Bonchev–Trinajstić information content (AvgIpc) is 3.00. The first kappa shape index (κ1) is 32.0. The number of anilines is 1. The van der Waals surface area contributed by atoms with Gasteiger partial charge in [0.25, 0.3) is 0 Å². The summed E-state index contributed by atoms with van der Waals surface area (Å²) >= 11 is 6.10. The van der Waals surface area contributed by atoms with Gasteiger partial charge in [0.2, 0.25) is 29.5 Å². The second kappa shape index (κ2) is 14.5. The quantitative estimate of drug-likeness (QED) is 0.395. The van der Waals surface area contributed by atoms with Crippen molar-refractivity contribution in [2.24, 2.45) is 5.73 Å². The van der Waals surface area contributed by atoms with Gasteiger partial charge >= 0.3 is 0 Å². The second-order valence-electron chi connectivity index (χ2n) is 11.0. The molecule has 2 aromatic carbocycles. The van der Waals surface area contributed by atoms with E-state index in [-0.39, 0.29) is 56.5 Å². The number of nitrogens with zero attached hydrogens (tertiary/aromatic N) is 3. The SMILES string of the molecule is CC(=O)N1CCN(C(=O)CCC(=O)N2Cc3ccccc3C[C@H]2C(=O)N[C@@H](CCN)C(=O)Nc2ccc(Cl)c(C)c2)CC1. The Morgan fingerprint density at radius 1 is 0.953 bits per heavy atom. The Morgan fingerprint density at radius 3 is 2.26 bits per heavy atom. The number of nitrogens with two attached hydrogens (primary N) is 1. The van der Waals surface area contributed by atoms with Gasteiger partial charge in [-0.1, -0.05) is 35.9 Å². The number of hydrogen-bond donors (Lipinski definition) is 3. The molecule has 1 fully saturated rings. The summed E-state index contributed by atoms with van der Waals surface area (Å²) in [6, 6.07) is 10.9. The van der Waals surface area contributed by atoms with E-state index in [1.807, 2.05) is 31.2 Å². The van der Waals surface area contributed by atoms with Crippen molar-refractivity contribution in [3.05, 3.63) is 64.2 Å². The molecule has 0 bridgehead atoms. The summed E-state index contributed by atoms with van der Waals surface area (Å²) in [4.78, 5) is 69.7. The predicted octanol–water partition coefficient (Wildman–Crippen LogP) is 1.84. The van der Waals surface area contributed by atoms with Crippen molar-refractivity contribution in [1.82, 2.24) is 20.0 Å². The van der Waals surface area contributed by atoms with Crippen molar-refractivity contribution in [2.45, 2.75) is 58.2 Å². The number of carbonyl (C=O) groups excluding carboxylic acids is 5. The van der Waals surface area contributed by atoms with Gasteiger partial charge < -0.3 is 31.1 Å². The van der Waals surface area contributed by atoms with E-state index in [2.05, 4.69) is 10.6 Å². The molecule has 2 aromatic rings. The number of aryl methyl sites for hydroxylation is 1. The topological polar surface area (TPSA) is 145 Å². The van der Waals surface area contributed by atoms with Crippen LogP contribution in [0.3, 0.4) is 0 Å². The zero-order valence-corrected chi connectivity index (χ0v) is 25.4.